The minimum absolute atomic E-state index is 0.0796. The molecular weight excluding hydrogens is 432 g/mol. The molecular formula is C24H8N8O2. The summed E-state index contributed by atoms with van der Waals surface area (Å²) in [5.74, 6) is -0.722. The molecule has 10 nitrogen and oxygen atoms in total. The van der Waals surface area contributed by atoms with Crippen molar-refractivity contribution < 1.29 is 8.83 Å². The largest absolute Gasteiger partial charge is 0.407 e. The molecule has 0 radical (unpaired) electrons. The Labute approximate surface area is 190 Å². The molecule has 0 saturated carbocycles. The molecule has 0 aliphatic rings. The monoisotopic (exact) mass is 440 g/mol. The Balaban J connectivity index is 2.09. The Morgan fingerprint density at radius 3 is 1.18 bits per heavy atom. The maximum atomic E-state index is 10.0. The SMILES string of the molecule is N#CC(c1nnc(C#N)o1)=c1c2ccccc2c(=C(C#N)c2nnc(C#N)o2)c2ccccc12. The van der Waals surface area contributed by atoms with Crippen molar-refractivity contribution in [3.05, 3.63) is 82.5 Å². The van der Waals surface area contributed by atoms with Gasteiger partial charge in [-0.05, 0) is 21.5 Å². The molecule has 0 atom stereocenters. The fourth-order valence-electron chi connectivity index (χ4n) is 3.83. The second-order valence-electron chi connectivity index (χ2n) is 6.86. The summed E-state index contributed by atoms with van der Waals surface area (Å²) in [5, 5.41) is 56.7. The van der Waals surface area contributed by atoms with Gasteiger partial charge in [0.25, 0.3) is 11.8 Å². The zero-order valence-electron chi connectivity index (χ0n) is 17.0. The van der Waals surface area contributed by atoms with Crippen LogP contribution in [0.5, 0.6) is 0 Å². The number of benzene rings is 3. The predicted molar refractivity (Wildman–Crippen MR) is 115 cm³/mol. The number of hydrogen-bond donors (Lipinski definition) is 0. The van der Waals surface area contributed by atoms with E-state index in [0.717, 1.165) is 0 Å². The third-order valence-corrected chi connectivity index (χ3v) is 5.12. The van der Waals surface area contributed by atoms with Crippen molar-refractivity contribution >= 4 is 32.7 Å². The Morgan fingerprint density at radius 2 is 0.912 bits per heavy atom. The van der Waals surface area contributed by atoms with Gasteiger partial charge in [0.2, 0.25) is 0 Å². The number of nitrogens with zero attached hydrogens (tertiary/aromatic N) is 8. The van der Waals surface area contributed by atoms with Gasteiger partial charge >= 0.3 is 11.8 Å². The van der Waals surface area contributed by atoms with Crippen molar-refractivity contribution in [3.63, 3.8) is 0 Å². The quantitative estimate of drug-likeness (QED) is 0.369. The molecule has 10 heteroatoms. The second-order valence-corrected chi connectivity index (χ2v) is 6.86. The van der Waals surface area contributed by atoms with Gasteiger partial charge in [-0.15, -0.1) is 10.2 Å². The van der Waals surface area contributed by atoms with Crippen molar-refractivity contribution in [2.24, 2.45) is 0 Å². The van der Waals surface area contributed by atoms with E-state index in [4.69, 9.17) is 19.4 Å². The van der Waals surface area contributed by atoms with Crippen LogP contribution in [0.1, 0.15) is 23.6 Å². The van der Waals surface area contributed by atoms with Gasteiger partial charge in [0.05, 0.1) is 0 Å². The summed E-state index contributed by atoms with van der Waals surface area (Å²) in [6.07, 6.45) is 0. The van der Waals surface area contributed by atoms with E-state index in [1.807, 2.05) is 0 Å². The standard InChI is InChI=1S/C24H8N8O2/c25-9-17(23-31-29-19(11-27)33-23)21-13-5-1-2-6-14(13)22(16-8-4-3-7-15(16)21)18(10-26)24-32-30-20(12-28)34-24/h1-8H. The zero-order valence-corrected chi connectivity index (χ0v) is 17.0. The van der Waals surface area contributed by atoms with Crippen LogP contribution in [0.3, 0.4) is 0 Å². The average Bonchev–Trinajstić information content (AvgIpc) is 3.56. The minimum atomic E-state index is -0.266. The van der Waals surface area contributed by atoms with Crippen molar-refractivity contribution in [2.45, 2.75) is 0 Å². The molecule has 156 valence electrons. The van der Waals surface area contributed by atoms with Crippen LogP contribution in [0.4, 0.5) is 0 Å². The molecule has 0 N–H and O–H groups in total. The van der Waals surface area contributed by atoms with E-state index in [1.165, 1.54) is 0 Å². The Bertz CT molecular complexity index is 1720. The molecule has 0 unspecified atom stereocenters. The molecule has 2 heterocycles. The average molecular weight is 440 g/mol. The molecule has 0 aliphatic heterocycles. The lowest BCUT2D eigenvalue weighted by Crippen LogP contribution is -2.19. The Kier molecular flexibility index (Phi) is 4.73. The van der Waals surface area contributed by atoms with E-state index in [-0.39, 0.29) is 34.7 Å². The van der Waals surface area contributed by atoms with Gasteiger partial charge in [-0.25, -0.2) is 0 Å². The smallest absolute Gasteiger partial charge is 0.321 e. The lowest BCUT2D eigenvalue weighted by molar-refractivity contribution is 0.525. The molecule has 3 aromatic carbocycles. The number of fused-ring (bicyclic) bond motifs is 2. The fourth-order valence-corrected chi connectivity index (χ4v) is 3.83. The summed E-state index contributed by atoms with van der Waals surface area (Å²) >= 11 is 0. The van der Waals surface area contributed by atoms with E-state index in [9.17, 15) is 10.5 Å². The van der Waals surface area contributed by atoms with Crippen LogP contribution in [-0.2, 0) is 0 Å². The van der Waals surface area contributed by atoms with Gasteiger partial charge < -0.3 is 8.83 Å². The number of nitriles is 4. The zero-order chi connectivity index (χ0) is 23.7. The molecule has 0 spiro atoms. The molecule has 0 aliphatic carbocycles. The first-order chi connectivity index (χ1) is 16.7. The van der Waals surface area contributed by atoms with Crippen LogP contribution in [0, 0.1) is 45.3 Å². The third-order valence-electron chi connectivity index (χ3n) is 5.12. The summed E-state index contributed by atoms with van der Waals surface area (Å²) in [7, 11) is 0. The number of aromatic nitrogens is 4. The molecule has 5 aromatic rings. The topological polar surface area (TPSA) is 173 Å². The molecule has 34 heavy (non-hydrogen) atoms. The van der Waals surface area contributed by atoms with Crippen LogP contribution in [0.15, 0.2) is 57.4 Å². The van der Waals surface area contributed by atoms with Crippen LogP contribution >= 0.6 is 0 Å². The normalized spacial score (nSPS) is 10.2. The van der Waals surface area contributed by atoms with Crippen molar-refractivity contribution in [3.8, 4) is 24.3 Å². The van der Waals surface area contributed by atoms with E-state index < -0.39 is 0 Å². The van der Waals surface area contributed by atoms with Crippen molar-refractivity contribution in [2.75, 3.05) is 0 Å². The van der Waals surface area contributed by atoms with Crippen LogP contribution in [-0.4, -0.2) is 20.4 Å². The third kappa shape index (κ3) is 3.01. The van der Waals surface area contributed by atoms with E-state index in [2.05, 4.69) is 32.5 Å². The molecule has 0 amide bonds. The summed E-state index contributed by atoms with van der Waals surface area (Å²) in [4.78, 5) is 0. The number of rotatable bonds is 2. The number of hydrogen-bond acceptors (Lipinski definition) is 10. The first kappa shape index (κ1) is 20.1. The maximum Gasteiger partial charge on any atom is 0.321 e. The van der Waals surface area contributed by atoms with Crippen molar-refractivity contribution in [1.82, 2.24) is 20.4 Å². The van der Waals surface area contributed by atoms with E-state index in [1.54, 1.807) is 60.7 Å². The first-order valence-corrected chi connectivity index (χ1v) is 9.66. The lowest BCUT2D eigenvalue weighted by Gasteiger charge is -2.09. The van der Waals surface area contributed by atoms with Gasteiger partial charge in [0.1, 0.15) is 23.3 Å². The minimum Gasteiger partial charge on any atom is -0.407 e. The highest BCUT2D eigenvalue weighted by Gasteiger charge is 2.19. The van der Waals surface area contributed by atoms with E-state index in [0.29, 0.717) is 32.0 Å². The van der Waals surface area contributed by atoms with Crippen LogP contribution in [0.2, 0.25) is 0 Å². The summed E-state index contributed by atoms with van der Waals surface area (Å²) in [6, 6.07) is 22.1. The fraction of sp³-hybridized carbons (Fsp3) is 0. The first-order valence-electron chi connectivity index (χ1n) is 9.66. The van der Waals surface area contributed by atoms with Gasteiger partial charge in [-0.3, -0.25) is 0 Å². The second kappa shape index (κ2) is 8.01. The highest BCUT2D eigenvalue weighted by atomic mass is 16.4. The Morgan fingerprint density at radius 1 is 0.559 bits per heavy atom. The maximum absolute atomic E-state index is 10.0. The lowest BCUT2D eigenvalue weighted by atomic mass is 9.93. The summed E-state index contributed by atoms with van der Waals surface area (Å²) in [5.41, 5.74) is 0.159. The molecule has 5 rings (SSSR count). The molecule has 0 fully saturated rings. The summed E-state index contributed by atoms with van der Waals surface area (Å²) in [6.45, 7) is 0. The molecule has 0 bridgehead atoms. The Hall–Kier alpha value is -5.84. The van der Waals surface area contributed by atoms with Crippen molar-refractivity contribution in [1.29, 1.82) is 21.0 Å². The van der Waals surface area contributed by atoms with Gasteiger partial charge in [-0.2, -0.15) is 21.0 Å². The van der Waals surface area contributed by atoms with Crippen LogP contribution in [0.25, 0.3) is 32.7 Å². The van der Waals surface area contributed by atoms with Crippen LogP contribution < -0.4 is 10.4 Å². The van der Waals surface area contributed by atoms with Gasteiger partial charge in [0.15, 0.2) is 12.1 Å². The van der Waals surface area contributed by atoms with Gasteiger partial charge in [-0.1, -0.05) is 58.7 Å². The van der Waals surface area contributed by atoms with Gasteiger partial charge in [0, 0.05) is 10.4 Å². The van der Waals surface area contributed by atoms with E-state index >= 15 is 0 Å². The summed E-state index contributed by atoms with van der Waals surface area (Å²) < 4.78 is 10.7. The molecule has 2 aromatic heterocycles. The highest BCUT2D eigenvalue weighted by Crippen LogP contribution is 2.20. The predicted octanol–water partition coefficient (Wildman–Crippen LogP) is 1.95. The highest BCUT2D eigenvalue weighted by molar-refractivity contribution is 6.05. The molecule has 0 saturated heterocycles.